The standard InChI is InChI=1S/C16H15N3O/c1-12(20)14-7-8-16(17-9-14)19-11-15(10-18-19)13-5-3-2-4-6-13/h2-12,20H,1H3/t12-/m1/s1. The van der Waals surface area contributed by atoms with E-state index in [2.05, 4.69) is 10.1 Å². The second-order valence-electron chi connectivity index (χ2n) is 4.67. The number of pyridine rings is 1. The van der Waals surface area contributed by atoms with Crippen molar-refractivity contribution in [2.24, 2.45) is 0 Å². The Balaban J connectivity index is 1.90. The summed E-state index contributed by atoms with van der Waals surface area (Å²) in [6.45, 7) is 1.72. The van der Waals surface area contributed by atoms with Gasteiger partial charge >= 0.3 is 0 Å². The summed E-state index contributed by atoms with van der Waals surface area (Å²) in [4.78, 5) is 4.32. The van der Waals surface area contributed by atoms with Crippen molar-refractivity contribution in [1.29, 1.82) is 0 Å². The molecule has 3 rings (SSSR count). The molecule has 0 aliphatic rings. The van der Waals surface area contributed by atoms with Gasteiger partial charge in [-0.1, -0.05) is 36.4 Å². The molecule has 3 aromatic rings. The highest BCUT2D eigenvalue weighted by Gasteiger charge is 2.05. The van der Waals surface area contributed by atoms with E-state index in [0.29, 0.717) is 0 Å². The first-order valence-electron chi connectivity index (χ1n) is 6.48. The molecular weight excluding hydrogens is 250 g/mol. The Morgan fingerprint density at radius 1 is 1.00 bits per heavy atom. The number of aliphatic hydroxyl groups excluding tert-OH is 1. The molecule has 0 aliphatic carbocycles. The monoisotopic (exact) mass is 265 g/mol. The highest BCUT2D eigenvalue weighted by Crippen LogP contribution is 2.19. The zero-order valence-electron chi connectivity index (χ0n) is 11.1. The largest absolute Gasteiger partial charge is 0.389 e. The van der Waals surface area contributed by atoms with Gasteiger partial charge in [0.2, 0.25) is 0 Å². The van der Waals surface area contributed by atoms with Crippen LogP contribution in [0.3, 0.4) is 0 Å². The Morgan fingerprint density at radius 2 is 1.80 bits per heavy atom. The van der Waals surface area contributed by atoms with Crippen molar-refractivity contribution in [2.75, 3.05) is 0 Å². The van der Waals surface area contributed by atoms with E-state index in [0.717, 1.165) is 22.5 Å². The molecule has 100 valence electrons. The van der Waals surface area contributed by atoms with Gasteiger partial charge in [-0.25, -0.2) is 9.67 Å². The predicted molar refractivity (Wildman–Crippen MR) is 77.4 cm³/mol. The van der Waals surface area contributed by atoms with Crippen LogP contribution in [0.4, 0.5) is 0 Å². The van der Waals surface area contributed by atoms with E-state index < -0.39 is 6.10 Å². The van der Waals surface area contributed by atoms with E-state index in [1.165, 1.54) is 0 Å². The molecule has 20 heavy (non-hydrogen) atoms. The van der Waals surface area contributed by atoms with Crippen LogP contribution in [0.2, 0.25) is 0 Å². The number of nitrogens with zero attached hydrogens (tertiary/aromatic N) is 3. The molecule has 0 radical (unpaired) electrons. The SMILES string of the molecule is C[C@@H](O)c1ccc(-n2cc(-c3ccccc3)cn2)nc1. The highest BCUT2D eigenvalue weighted by atomic mass is 16.3. The molecule has 4 nitrogen and oxygen atoms in total. The van der Waals surface area contributed by atoms with E-state index >= 15 is 0 Å². The third-order valence-corrected chi connectivity index (χ3v) is 3.18. The summed E-state index contributed by atoms with van der Waals surface area (Å²) in [6.07, 6.45) is 4.93. The van der Waals surface area contributed by atoms with Crippen LogP contribution in [-0.4, -0.2) is 19.9 Å². The maximum atomic E-state index is 9.48. The van der Waals surface area contributed by atoms with Crippen LogP contribution >= 0.6 is 0 Å². The number of hydrogen-bond donors (Lipinski definition) is 1. The lowest BCUT2D eigenvalue weighted by molar-refractivity contribution is 0.199. The molecule has 0 fully saturated rings. The Labute approximate surface area is 117 Å². The Morgan fingerprint density at radius 3 is 2.45 bits per heavy atom. The maximum absolute atomic E-state index is 9.48. The first-order valence-corrected chi connectivity index (χ1v) is 6.48. The van der Waals surface area contributed by atoms with Crippen LogP contribution in [0, 0.1) is 0 Å². The molecule has 0 aliphatic heterocycles. The van der Waals surface area contributed by atoms with E-state index in [1.807, 2.05) is 54.9 Å². The minimum Gasteiger partial charge on any atom is -0.389 e. The van der Waals surface area contributed by atoms with Gasteiger partial charge in [-0.2, -0.15) is 5.10 Å². The fraction of sp³-hybridized carbons (Fsp3) is 0.125. The number of rotatable bonds is 3. The Bertz CT molecular complexity index is 687. The van der Waals surface area contributed by atoms with E-state index in [1.54, 1.807) is 17.8 Å². The number of benzene rings is 1. The van der Waals surface area contributed by atoms with Crippen molar-refractivity contribution >= 4 is 0 Å². The summed E-state index contributed by atoms with van der Waals surface area (Å²) >= 11 is 0. The lowest BCUT2D eigenvalue weighted by Crippen LogP contribution is -1.99. The zero-order chi connectivity index (χ0) is 13.9. The average Bonchev–Trinajstić information content (AvgIpc) is 2.98. The summed E-state index contributed by atoms with van der Waals surface area (Å²) in [7, 11) is 0. The maximum Gasteiger partial charge on any atom is 0.153 e. The van der Waals surface area contributed by atoms with Crippen molar-refractivity contribution in [1.82, 2.24) is 14.8 Å². The van der Waals surface area contributed by atoms with Gasteiger partial charge in [-0.05, 0) is 24.1 Å². The van der Waals surface area contributed by atoms with Crippen LogP contribution in [0.5, 0.6) is 0 Å². The van der Waals surface area contributed by atoms with Gasteiger partial charge in [0, 0.05) is 18.0 Å². The number of aliphatic hydroxyl groups is 1. The zero-order valence-corrected chi connectivity index (χ0v) is 11.1. The topological polar surface area (TPSA) is 50.9 Å². The average molecular weight is 265 g/mol. The van der Waals surface area contributed by atoms with Crippen LogP contribution in [0.1, 0.15) is 18.6 Å². The van der Waals surface area contributed by atoms with Gasteiger partial charge < -0.3 is 5.11 Å². The highest BCUT2D eigenvalue weighted by molar-refractivity contribution is 5.61. The van der Waals surface area contributed by atoms with Crippen LogP contribution < -0.4 is 0 Å². The molecular formula is C16H15N3O. The summed E-state index contributed by atoms with van der Waals surface area (Å²) < 4.78 is 1.73. The molecule has 0 spiro atoms. The summed E-state index contributed by atoms with van der Waals surface area (Å²) in [5, 5.41) is 13.8. The molecule has 4 heteroatoms. The minimum atomic E-state index is -0.506. The van der Waals surface area contributed by atoms with Gasteiger partial charge in [-0.15, -0.1) is 0 Å². The number of aromatic nitrogens is 3. The quantitative estimate of drug-likeness (QED) is 0.792. The molecule has 0 amide bonds. The third kappa shape index (κ3) is 2.46. The fourth-order valence-corrected chi connectivity index (χ4v) is 2.01. The second-order valence-corrected chi connectivity index (χ2v) is 4.67. The normalized spacial score (nSPS) is 12.3. The van der Waals surface area contributed by atoms with E-state index in [-0.39, 0.29) is 0 Å². The van der Waals surface area contributed by atoms with E-state index in [9.17, 15) is 5.11 Å². The second kappa shape index (κ2) is 5.27. The summed E-state index contributed by atoms with van der Waals surface area (Å²) in [5.74, 6) is 0.733. The van der Waals surface area contributed by atoms with Gasteiger partial charge in [0.1, 0.15) is 0 Å². The third-order valence-electron chi connectivity index (χ3n) is 3.18. The Hall–Kier alpha value is -2.46. The predicted octanol–water partition coefficient (Wildman–Crippen LogP) is 2.99. The molecule has 1 atom stereocenters. The van der Waals surface area contributed by atoms with Crippen LogP contribution in [0.25, 0.3) is 16.9 Å². The first kappa shape index (κ1) is 12.6. The molecule has 2 heterocycles. The van der Waals surface area contributed by atoms with Crippen molar-refractivity contribution in [3.63, 3.8) is 0 Å². The molecule has 1 aromatic carbocycles. The smallest absolute Gasteiger partial charge is 0.153 e. The first-order chi connectivity index (χ1) is 9.74. The lowest BCUT2D eigenvalue weighted by atomic mass is 10.1. The van der Waals surface area contributed by atoms with Crippen LogP contribution in [-0.2, 0) is 0 Å². The van der Waals surface area contributed by atoms with Crippen molar-refractivity contribution < 1.29 is 5.11 Å². The molecule has 0 bridgehead atoms. The van der Waals surface area contributed by atoms with Gasteiger partial charge in [0.05, 0.1) is 12.3 Å². The van der Waals surface area contributed by atoms with Crippen molar-refractivity contribution in [2.45, 2.75) is 13.0 Å². The van der Waals surface area contributed by atoms with Gasteiger partial charge in [0.15, 0.2) is 5.82 Å². The van der Waals surface area contributed by atoms with Crippen molar-refractivity contribution in [3.05, 3.63) is 66.6 Å². The molecule has 0 saturated carbocycles. The number of hydrogen-bond acceptors (Lipinski definition) is 3. The minimum absolute atomic E-state index is 0.506. The van der Waals surface area contributed by atoms with E-state index in [4.69, 9.17) is 0 Å². The summed E-state index contributed by atoms with van der Waals surface area (Å²) in [5.41, 5.74) is 2.97. The fourth-order valence-electron chi connectivity index (χ4n) is 2.01. The lowest BCUT2D eigenvalue weighted by Gasteiger charge is -2.05. The molecule has 0 unspecified atom stereocenters. The molecule has 1 N–H and O–H groups in total. The Kier molecular flexibility index (Phi) is 3.31. The molecule has 2 aromatic heterocycles. The molecule has 0 saturated heterocycles. The van der Waals surface area contributed by atoms with Gasteiger partial charge in [-0.3, -0.25) is 0 Å². The van der Waals surface area contributed by atoms with Crippen molar-refractivity contribution in [3.8, 4) is 16.9 Å². The summed E-state index contributed by atoms with van der Waals surface area (Å²) in [6, 6.07) is 13.8. The van der Waals surface area contributed by atoms with Gasteiger partial charge in [0.25, 0.3) is 0 Å². The van der Waals surface area contributed by atoms with Crippen LogP contribution in [0.15, 0.2) is 61.1 Å².